The van der Waals surface area contributed by atoms with Gasteiger partial charge < -0.3 is 15.4 Å². The van der Waals surface area contributed by atoms with Crippen molar-refractivity contribution >= 4 is 40.9 Å². The number of carbonyl (C=O) groups excluding carboxylic acids is 2. The summed E-state index contributed by atoms with van der Waals surface area (Å²) < 4.78 is 5.51. The van der Waals surface area contributed by atoms with Gasteiger partial charge in [-0.2, -0.15) is 0 Å². The van der Waals surface area contributed by atoms with Crippen molar-refractivity contribution in [3.63, 3.8) is 0 Å². The van der Waals surface area contributed by atoms with Crippen LogP contribution in [-0.2, 0) is 9.59 Å². The second-order valence-electron chi connectivity index (χ2n) is 5.45. The molecule has 2 amide bonds. The Morgan fingerprint density at radius 2 is 2.04 bits per heavy atom. The molecule has 5 nitrogen and oxygen atoms in total. The summed E-state index contributed by atoms with van der Waals surface area (Å²) in [6.07, 6.45) is 0.115. The summed E-state index contributed by atoms with van der Waals surface area (Å²) in [6.45, 7) is 0.764. The first-order chi connectivity index (χ1) is 12.1. The van der Waals surface area contributed by atoms with Crippen LogP contribution >= 0.6 is 23.4 Å². The molecule has 1 unspecified atom stereocenters. The minimum atomic E-state index is -0.455. The van der Waals surface area contributed by atoms with Gasteiger partial charge in [0.05, 0.1) is 17.5 Å². The van der Waals surface area contributed by atoms with Gasteiger partial charge in [0.25, 0.3) is 0 Å². The van der Waals surface area contributed by atoms with Gasteiger partial charge in [0.15, 0.2) is 0 Å². The fourth-order valence-corrected chi connectivity index (χ4v) is 3.64. The van der Waals surface area contributed by atoms with Gasteiger partial charge in [-0.15, -0.1) is 11.8 Å². The number of rotatable bonds is 6. The van der Waals surface area contributed by atoms with E-state index in [0.717, 1.165) is 10.6 Å². The van der Waals surface area contributed by atoms with E-state index in [1.165, 1.54) is 11.8 Å². The van der Waals surface area contributed by atoms with Crippen molar-refractivity contribution in [2.45, 2.75) is 16.6 Å². The van der Waals surface area contributed by atoms with Crippen LogP contribution in [0.3, 0.4) is 0 Å². The molecule has 2 aromatic rings. The predicted molar refractivity (Wildman–Crippen MR) is 99.3 cm³/mol. The average Bonchev–Trinajstić information content (AvgIpc) is 2.60. The molecule has 25 heavy (non-hydrogen) atoms. The summed E-state index contributed by atoms with van der Waals surface area (Å²) in [4.78, 5) is 25.1. The van der Waals surface area contributed by atoms with Gasteiger partial charge in [-0.1, -0.05) is 29.8 Å². The van der Waals surface area contributed by atoms with Gasteiger partial charge in [-0.25, -0.2) is 0 Å². The third-order valence-electron chi connectivity index (χ3n) is 3.57. The van der Waals surface area contributed by atoms with Crippen LogP contribution in [0, 0.1) is 0 Å². The Kier molecular flexibility index (Phi) is 5.83. The van der Waals surface area contributed by atoms with E-state index in [9.17, 15) is 9.59 Å². The number of fused-ring (bicyclic) bond motifs is 1. The highest BCUT2D eigenvalue weighted by atomic mass is 35.5. The van der Waals surface area contributed by atoms with Crippen molar-refractivity contribution in [1.82, 2.24) is 5.32 Å². The molecule has 1 aliphatic heterocycles. The summed E-state index contributed by atoms with van der Waals surface area (Å²) in [6, 6.07) is 14.7. The van der Waals surface area contributed by atoms with Crippen molar-refractivity contribution < 1.29 is 14.3 Å². The van der Waals surface area contributed by atoms with Crippen LogP contribution in [0.15, 0.2) is 53.4 Å². The third-order valence-corrected chi connectivity index (χ3v) is 5.08. The topological polar surface area (TPSA) is 67.4 Å². The molecular weight excluding hydrogens is 360 g/mol. The molecule has 0 bridgehead atoms. The number of thioether (sulfide) groups is 1. The summed E-state index contributed by atoms with van der Waals surface area (Å²) in [5.41, 5.74) is 0.690. The molecule has 0 fully saturated rings. The average molecular weight is 377 g/mol. The number of halogens is 1. The van der Waals surface area contributed by atoms with Crippen LogP contribution in [0.4, 0.5) is 5.69 Å². The Morgan fingerprint density at radius 3 is 2.84 bits per heavy atom. The molecule has 7 heteroatoms. The van der Waals surface area contributed by atoms with Gasteiger partial charge in [0.2, 0.25) is 11.8 Å². The summed E-state index contributed by atoms with van der Waals surface area (Å²) in [7, 11) is 0. The van der Waals surface area contributed by atoms with Crippen molar-refractivity contribution in [2.75, 3.05) is 18.5 Å². The van der Waals surface area contributed by atoms with Crippen molar-refractivity contribution in [3.8, 4) is 5.75 Å². The molecule has 1 aliphatic rings. The lowest BCUT2D eigenvalue weighted by molar-refractivity contribution is -0.124. The first-order valence-corrected chi connectivity index (χ1v) is 9.09. The molecule has 130 valence electrons. The van der Waals surface area contributed by atoms with Crippen LogP contribution in [0.25, 0.3) is 0 Å². The van der Waals surface area contributed by atoms with E-state index < -0.39 is 5.25 Å². The second-order valence-corrected chi connectivity index (χ2v) is 7.13. The maximum absolute atomic E-state index is 12.1. The van der Waals surface area contributed by atoms with E-state index in [2.05, 4.69) is 10.6 Å². The number of para-hydroxylation sites is 1. The Morgan fingerprint density at radius 1 is 1.24 bits per heavy atom. The number of amides is 2. The fourth-order valence-electron chi connectivity index (χ4n) is 2.37. The highest BCUT2D eigenvalue weighted by Gasteiger charge is 2.28. The summed E-state index contributed by atoms with van der Waals surface area (Å²) >= 11 is 7.30. The molecule has 1 heterocycles. The van der Waals surface area contributed by atoms with Crippen LogP contribution in [0.2, 0.25) is 5.02 Å². The lowest BCUT2D eigenvalue weighted by Gasteiger charge is -2.23. The Labute approximate surface area is 155 Å². The monoisotopic (exact) mass is 376 g/mol. The van der Waals surface area contributed by atoms with Gasteiger partial charge in [0, 0.05) is 16.3 Å². The smallest absolute Gasteiger partial charge is 0.238 e. The first kappa shape index (κ1) is 17.6. The molecule has 0 saturated carbocycles. The standard InChI is InChI=1S/C18H17ClN2O3S/c19-12-6-7-15-14(10-12)21-18(23)16(25-15)11-17(22)20-8-9-24-13-4-2-1-3-5-13/h1-7,10,16H,8-9,11H2,(H,20,22)(H,21,23). The lowest BCUT2D eigenvalue weighted by atomic mass is 10.2. The number of nitrogens with one attached hydrogen (secondary N) is 2. The van der Waals surface area contributed by atoms with Crippen LogP contribution in [-0.4, -0.2) is 30.2 Å². The van der Waals surface area contributed by atoms with E-state index >= 15 is 0 Å². The zero-order chi connectivity index (χ0) is 17.6. The predicted octanol–water partition coefficient (Wildman–Crippen LogP) is 3.34. The highest BCUT2D eigenvalue weighted by molar-refractivity contribution is 8.01. The number of ether oxygens (including phenoxy) is 1. The van der Waals surface area contributed by atoms with Crippen molar-refractivity contribution in [2.24, 2.45) is 0 Å². The largest absolute Gasteiger partial charge is 0.492 e. The third kappa shape index (κ3) is 4.90. The maximum atomic E-state index is 12.1. The maximum Gasteiger partial charge on any atom is 0.238 e. The SMILES string of the molecule is O=C(CC1Sc2ccc(Cl)cc2NC1=O)NCCOc1ccccc1. The molecule has 2 N–H and O–H groups in total. The molecular formula is C18H17ClN2O3S. The van der Waals surface area contributed by atoms with E-state index in [1.54, 1.807) is 12.1 Å². The number of hydrogen-bond donors (Lipinski definition) is 2. The van der Waals surface area contributed by atoms with E-state index in [0.29, 0.717) is 23.9 Å². The van der Waals surface area contributed by atoms with Crippen LogP contribution < -0.4 is 15.4 Å². The number of carbonyl (C=O) groups is 2. The highest BCUT2D eigenvalue weighted by Crippen LogP contribution is 2.38. The first-order valence-electron chi connectivity index (χ1n) is 7.83. The van der Waals surface area contributed by atoms with Gasteiger partial charge >= 0.3 is 0 Å². The molecule has 0 saturated heterocycles. The number of hydrogen-bond acceptors (Lipinski definition) is 4. The molecule has 0 spiro atoms. The second kappa shape index (κ2) is 8.27. The quantitative estimate of drug-likeness (QED) is 0.759. The Bertz CT molecular complexity index is 770. The number of anilines is 1. The van der Waals surface area contributed by atoms with Crippen molar-refractivity contribution in [3.05, 3.63) is 53.6 Å². The summed E-state index contributed by atoms with van der Waals surface area (Å²) in [5, 5.41) is 5.68. The van der Waals surface area contributed by atoms with E-state index in [-0.39, 0.29) is 18.2 Å². The molecule has 0 aromatic heterocycles. The zero-order valence-corrected chi connectivity index (χ0v) is 14.9. The minimum absolute atomic E-state index is 0.115. The zero-order valence-electron chi connectivity index (χ0n) is 13.3. The van der Waals surface area contributed by atoms with E-state index in [4.69, 9.17) is 16.3 Å². The fraction of sp³-hybridized carbons (Fsp3) is 0.222. The molecule has 0 radical (unpaired) electrons. The molecule has 2 aromatic carbocycles. The lowest BCUT2D eigenvalue weighted by Crippen LogP contribution is -2.36. The number of benzene rings is 2. The van der Waals surface area contributed by atoms with Gasteiger partial charge in [-0.05, 0) is 30.3 Å². The van der Waals surface area contributed by atoms with Crippen LogP contribution in [0.1, 0.15) is 6.42 Å². The molecule has 1 atom stereocenters. The van der Waals surface area contributed by atoms with Crippen LogP contribution in [0.5, 0.6) is 5.75 Å². The Balaban J connectivity index is 1.45. The normalized spacial score (nSPS) is 15.9. The molecule has 0 aliphatic carbocycles. The van der Waals surface area contributed by atoms with Gasteiger partial charge in [0.1, 0.15) is 12.4 Å². The van der Waals surface area contributed by atoms with Crippen molar-refractivity contribution in [1.29, 1.82) is 0 Å². The minimum Gasteiger partial charge on any atom is -0.492 e. The van der Waals surface area contributed by atoms with E-state index in [1.807, 2.05) is 36.4 Å². The van der Waals surface area contributed by atoms with Gasteiger partial charge in [-0.3, -0.25) is 9.59 Å². The Hall–Kier alpha value is -2.18. The molecule has 3 rings (SSSR count). The summed E-state index contributed by atoms with van der Waals surface area (Å²) in [5.74, 6) is 0.395.